The van der Waals surface area contributed by atoms with Gasteiger partial charge in [-0.2, -0.15) is 0 Å². The largest absolute Gasteiger partial charge is 0.324 e. The highest BCUT2D eigenvalue weighted by atomic mass is 32.1. The molecule has 1 N–H and O–H groups in total. The van der Waals surface area contributed by atoms with Crippen molar-refractivity contribution in [2.45, 2.75) is 0 Å². The molecule has 0 saturated heterocycles. The molecule has 2 rings (SSSR count). The molecule has 0 aliphatic heterocycles. The van der Waals surface area contributed by atoms with Crippen LogP contribution in [0.25, 0.3) is 10.9 Å². The Bertz CT molecular complexity index is 499. The van der Waals surface area contributed by atoms with Crippen molar-refractivity contribution in [3.8, 4) is 0 Å². The Morgan fingerprint density at radius 3 is 3.00 bits per heavy atom. The smallest absolute Gasteiger partial charge is 0.235 e. The van der Waals surface area contributed by atoms with Crippen LogP contribution in [0.2, 0.25) is 0 Å². The molecule has 1 aromatic carbocycles. The molecule has 1 heterocycles. The molecule has 15 heavy (non-hydrogen) atoms. The molecule has 1 amide bonds. The number of hydrogen-bond donors (Lipinski definition) is 1. The van der Waals surface area contributed by atoms with Gasteiger partial charge in [0.1, 0.15) is 0 Å². The molecule has 0 bridgehead atoms. The summed E-state index contributed by atoms with van der Waals surface area (Å²) >= 11 is 4.64. The summed E-state index contributed by atoms with van der Waals surface area (Å²) in [5, 5.41) is 3.68. The number of aromatic nitrogens is 1. The highest BCUT2D eigenvalue weighted by Gasteiger charge is 2.01. The number of carbonyl (C=O) groups is 1. The van der Waals surface area contributed by atoms with E-state index in [0.717, 1.165) is 10.9 Å². The third kappa shape index (κ3) is 2.27. The summed E-state index contributed by atoms with van der Waals surface area (Å²) in [6.45, 7) is 0. The normalized spacial score (nSPS) is 10.2. The number of benzene rings is 1. The lowest BCUT2D eigenvalue weighted by Gasteiger charge is -2.03. The molecule has 75 valence electrons. The predicted octanol–water partition coefficient (Wildman–Crippen LogP) is 2.37. The van der Waals surface area contributed by atoms with Gasteiger partial charge in [-0.15, -0.1) is 0 Å². The Balaban J connectivity index is 2.34. The van der Waals surface area contributed by atoms with E-state index in [9.17, 15) is 4.79 Å². The number of para-hydroxylation sites is 1. The molecule has 0 atom stereocenters. The zero-order valence-corrected chi connectivity index (χ0v) is 8.75. The van der Waals surface area contributed by atoms with Gasteiger partial charge >= 0.3 is 0 Å². The van der Waals surface area contributed by atoms with E-state index in [-0.39, 0.29) is 11.7 Å². The van der Waals surface area contributed by atoms with Crippen molar-refractivity contribution in [1.29, 1.82) is 0 Å². The van der Waals surface area contributed by atoms with Crippen LogP contribution in [-0.4, -0.2) is 16.6 Å². The van der Waals surface area contributed by atoms with Gasteiger partial charge < -0.3 is 5.32 Å². The molecular formula is C11H9N2OS. The summed E-state index contributed by atoms with van der Waals surface area (Å²) in [6.07, 6.45) is 1.63. The fraction of sp³-hybridized carbons (Fsp3) is 0.0909. The fourth-order valence-corrected chi connectivity index (χ4v) is 1.41. The number of nitrogens with one attached hydrogen (secondary N) is 1. The Morgan fingerprint density at radius 1 is 1.40 bits per heavy atom. The first-order chi connectivity index (χ1) is 7.29. The molecule has 0 unspecified atom stereocenters. The minimum Gasteiger partial charge on any atom is -0.324 e. The second-order valence-corrected chi connectivity index (χ2v) is 3.40. The fourth-order valence-electron chi connectivity index (χ4n) is 1.34. The lowest BCUT2D eigenvalue weighted by Crippen LogP contribution is -2.12. The van der Waals surface area contributed by atoms with Crippen LogP contribution >= 0.6 is 12.6 Å². The first-order valence-corrected chi connectivity index (χ1v) is 5.10. The number of anilines is 1. The maximum Gasteiger partial charge on any atom is 0.235 e. The number of hydrogen-bond acceptors (Lipinski definition) is 2. The van der Waals surface area contributed by atoms with Crippen LogP contribution in [0.5, 0.6) is 0 Å². The van der Waals surface area contributed by atoms with E-state index >= 15 is 0 Å². The van der Waals surface area contributed by atoms with E-state index in [4.69, 9.17) is 0 Å². The molecule has 0 aliphatic carbocycles. The Kier molecular flexibility index (Phi) is 2.87. The number of fused-ring (bicyclic) bond motifs is 1. The maximum atomic E-state index is 11.1. The van der Waals surface area contributed by atoms with Crippen LogP contribution in [0.4, 0.5) is 5.69 Å². The second-order valence-electron chi connectivity index (χ2n) is 3.11. The molecule has 3 nitrogen and oxygen atoms in total. The van der Waals surface area contributed by atoms with Gasteiger partial charge in [0.15, 0.2) is 0 Å². The van der Waals surface area contributed by atoms with Crippen molar-refractivity contribution in [2.75, 3.05) is 11.1 Å². The minimum absolute atomic E-state index is 0.0623. The van der Waals surface area contributed by atoms with Gasteiger partial charge in [0.2, 0.25) is 5.91 Å². The van der Waals surface area contributed by atoms with Crippen LogP contribution in [0, 0.1) is 0 Å². The number of nitrogens with zero attached hydrogens (tertiary/aromatic N) is 1. The van der Waals surface area contributed by atoms with Gasteiger partial charge in [-0.1, -0.05) is 30.8 Å². The molecule has 1 radical (unpaired) electrons. The molecule has 0 aliphatic rings. The van der Waals surface area contributed by atoms with Gasteiger partial charge in [-0.3, -0.25) is 9.78 Å². The summed E-state index contributed by atoms with van der Waals surface area (Å²) in [5.41, 5.74) is 1.59. The van der Waals surface area contributed by atoms with Gasteiger partial charge in [0.05, 0.1) is 23.2 Å². The number of amides is 1. The summed E-state index contributed by atoms with van der Waals surface area (Å²) in [4.78, 5) is 15.3. The standard InChI is InChI=1S/C11H9N2OS/c14-11(7-15)13-9-5-8-3-1-2-4-10(8)12-6-9/h1-6H,7H2,(H,13,14). The average Bonchev–Trinajstić information content (AvgIpc) is 2.29. The summed E-state index contributed by atoms with van der Waals surface area (Å²) in [5.74, 6) is -0.116. The molecule has 1 aromatic heterocycles. The monoisotopic (exact) mass is 217 g/mol. The third-order valence-electron chi connectivity index (χ3n) is 2.01. The van der Waals surface area contributed by atoms with Gasteiger partial charge in [-0.05, 0) is 12.1 Å². The Morgan fingerprint density at radius 2 is 2.20 bits per heavy atom. The second kappa shape index (κ2) is 4.31. The quantitative estimate of drug-likeness (QED) is 0.839. The highest BCUT2D eigenvalue weighted by Crippen LogP contribution is 2.15. The van der Waals surface area contributed by atoms with E-state index in [1.54, 1.807) is 6.20 Å². The lowest BCUT2D eigenvalue weighted by atomic mass is 10.2. The van der Waals surface area contributed by atoms with E-state index in [1.165, 1.54) is 0 Å². The number of pyridine rings is 1. The molecular weight excluding hydrogens is 208 g/mol. The van der Waals surface area contributed by atoms with Crippen molar-refractivity contribution in [3.05, 3.63) is 36.5 Å². The van der Waals surface area contributed by atoms with Crippen molar-refractivity contribution in [1.82, 2.24) is 4.98 Å². The van der Waals surface area contributed by atoms with Crippen molar-refractivity contribution in [2.24, 2.45) is 0 Å². The van der Waals surface area contributed by atoms with Gasteiger partial charge in [-0.25, -0.2) is 0 Å². The topological polar surface area (TPSA) is 42.0 Å². The number of carbonyl (C=O) groups excluding carboxylic acids is 1. The summed E-state index contributed by atoms with van der Waals surface area (Å²) in [6, 6.07) is 9.62. The zero-order valence-electron chi connectivity index (χ0n) is 7.93. The highest BCUT2D eigenvalue weighted by molar-refractivity contribution is 7.81. The molecule has 2 aromatic rings. The summed E-state index contributed by atoms with van der Waals surface area (Å²) in [7, 11) is 0. The molecule has 4 heteroatoms. The van der Waals surface area contributed by atoms with Crippen molar-refractivity contribution in [3.63, 3.8) is 0 Å². The van der Waals surface area contributed by atoms with Gasteiger partial charge in [0, 0.05) is 5.39 Å². The first-order valence-electron chi connectivity index (χ1n) is 4.52. The van der Waals surface area contributed by atoms with Crippen LogP contribution in [0.1, 0.15) is 0 Å². The Labute approximate surface area is 92.9 Å². The van der Waals surface area contributed by atoms with Crippen LogP contribution < -0.4 is 5.32 Å². The third-order valence-corrected chi connectivity index (χ3v) is 2.27. The lowest BCUT2D eigenvalue weighted by molar-refractivity contribution is -0.113. The minimum atomic E-state index is -0.179. The van der Waals surface area contributed by atoms with E-state index in [0.29, 0.717) is 5.69 Å². The molecule has 0 fully saturated rings. The SMILES string of the molecule is O=C(C[S])Nc1cnc2ccccc2c1. The number of rotatable bonds is 2. The zero-order chi connectivity index (χ0) is 10.7. The van der Waals surface area contributed by atoms with E-state index < -0.39 is 0 Å². The summed E-state index contributed by atoms with van der Waals surface area (Å²) < 4.78 is 0. The molecule has 0 spiro atoms. The van der Waals surface area contributed by atoms with Gasteiger partial charge in [0.25, 0.3) is 0 Å². The van der Waals surface area contributed by atoms with E-state index in [1.807, 2.05) is 30.3 Å². The van der Waals surface area contributed by atoms with Crippen LogP contribution in [-0.2, 0) is 4.79 Å². The molecule has 0 saturated carbocycles. The average molecular weight is 217 g/mol. The Hall–Kier alpha value is -1.55. The first kappa shape index (κ1) is 9.98. The van der Waals surface area contributed by atoms with Crippen LogP contribution in [0.3, 0.4) is 0 Å². The van der Waals surface area contributed by atoms with Crippen LogP contribution in [0.15, 0.2) is 36.5 Å². The van der Waals surface area contributed by atoms with Crippen molar-refractivity contribution < 1.29 is 4.79 Å². The van der Waals surface area contributed by atoms with Crippen molar-refractivity contribution >= 4 is 35.1 Å². The predicted molar refractivity (Wildman–Crippen MR) is 62.8 cm³/mol. The van der Waals surface area contributed by atoms with E-state index in [2.05, 4.69) is 22.9 Å². The maximum absolute atomic E-state index is 11.1.